The van der Waals surface area contributed by atoms with Crippen molar-refractivity contribution in [1.29, 1.82) is 0 Å². The fourth-order valence-electron chi connectivity index (χ4n) is 2.76. The Hall–Kier alpha value is -3.31. The molecule has 0 spiro atoms. The number of nitro groups is 1. The summed E-state index contributed by atoms with van der Waals surface area (Å²) in [5.41, 5.74) is -8.43. The summed E-state index contributed by atoms with van der Waals surface area (Å²) in [7, 11) is 0. The van der Waals surface area contributed by atoms with Gasteiger partial charge in [-0.05, 0) is 23.3 Å². The van der Waals surface area contributed by atoms with E-state index in [-0.39, 0.29) is 11.8 Å². The summed E-state index contributed by atoms with van der Waals surface area (Å²) in [6.07, 6.45) is -13.4. The highest BCUT2D eigenvalue weighted by Gasteiger charge is 2.72. The lowest BCUT2D eigenvalue weighted by Crippen LogP contribution is -2.54. The number of amides is 1. The number of carboxylic acid groups (broad SMARTS) is 1. The van der Waals surface area contributed by atoms with E-state index in [4.69, 9.17) is 5.11 Å². The molecule has 0 saturated carbocycles. The Morgan fingerprint density at radius 3 is 1.89 bits per heavy atom. The smallest absolute Gasteiger partial charge is 0.411 e. The van der Waals surface area contributed by atoms with Crippen molar-refractivity contribution in [2.75, 3.05) is 5.32 Å². The standard InChI is InChI=1S/C16H10F6N2O4/c17-15(18,19)14(16(20,21)22,10-2-1-3-12(8-10)24(27)28)9-4-6-11(7-5-9)23-13(25)26/h1-8,23H,(H,25,26). The SMILES string of the molecule is O=C(O)Nc1ccc(C(c2cccc([N+](=O)[O-])c2)(C(F)(F)F)C(F)(F)F)cc1. The number of nitro benzene ring substituents is 1. The zero-order valence-corrected chi connectivity index (χ0v) is 13.5. The van der Waals surface area contributed by atoms with Crippen molar-refractivity contribution in [1.82, 2.24) is 0 Å². The maximum absolute atomic E-state index is 13.9. The molecule has 2 aromatic rings. The summed E-state index contributed by atoms with van der Waals surface area (Å²) in [5.74, 6) is 0. The van der Waals surface area contributed by atoms with E-state index in [2.05, 4.69) is 0 Å². The summed E-state index contributed by atoms with van der Waals surface area (Å²) >= 11 is 0. The molecule has 12 heteroatoms. The second-order valence-electron chi connectivity index (χ2n) is 5.56. The number of hydrogen-bond donors (Lipinski definition) is 2. The molecule has 0 heterocycles. The van der Waals surface area contributed by atoms with Crippen LogP contribution >= 0.6 is 0 Å². The second-order valence-corrected chi connectivity index (χ2v) is 5.56. The number of rotatable bonds is 4. The van der Waals surface area contributed by atoms with E-state index in [9.17, 15) is 41.3 Å². The van der Waals surface area contributed by atoms with Crippen molar-refractivity contribution >= 4 is 17.5 Å². The highest BCUT2D eigenvalue weighted by molar-refractivity contribution is 5.82. The Morgan fingerprint density at radius 1 is 0.929 bits per heavy atom. The van der Waals surface area contributed by atoms with Gasteiger partial charge >= 0.3 is 18.4 Å². The minimum Gasteiger partial charge on any atom is -0.465 e. The van der Waals surface area contributed by atoms with Crippen LogP contribution in [-0.2, 0) is 5.41 Å². The average Bonchev–Trinajstić information content (AvgIpc) is 2.54. The molecule has 1 amide bonds. The molecule has 0 bridgehead atoms. The maximum Gasteiger partial charge on any atom is 0.411 e. The van der Waals surface area contributed by atoms with Crippen molar-refractivity contribution in [2.24, 2.45) is 0 Å². The molecule has 6 nitrogen and oxygen atoms in total. The first-order valence-corrected chi connectivity index (χ1v) is 7.29. The van der Waals surface area contributed by atoms with E-state index < -0.39 is 45.6 Å². The predicted octanol–water partition coefficient (Wildman–Crippen LogP) is 5.10. The van der Waals surface area contributed by atoms with Gasteiger partial charge in [-0.15, -0.1) is 0 Å². The molecule has 0 aliphatic rings. The van der Waals surface area contributed by atoms with Crippen molar-refractivity contribution in [3.05, 3.63) is 69.8 Å². The Bertz CT molecular complexity index is 879. The fourth-order valence-corrected chi connectivity index (χ4v) is 2.76. The Kier molecular flexibility index (Phi) is 5.26. The van der Waals surface area contributed by atoms with Crippen molar-refractivity contribution in [3.8, 4) is 0 Å². The van der Waals surface area contributed by atoms with Crippen LogP contribution in [0.3, 0.4) is 0 Å². The van der Waals surface area contributed by atoms with Crippen LogP contribution in [0.2, 0.25) is 0 Å². The highest BCUT2D eigenvalue weighted by atomic mass is 19.4. The second kappa shape index (κ2) is 7.02. The van der Waals surface area contributed by atoms with Gasteiger partial charge in [-0.2, -0.15) is 26.3 Å². The van der Waals surface area contributed by atoms with Crippen LogP contribution in [0.4, 0.5) is 42.5 Å². The Morgan fingerprint density at radius 2 is 1.46 bits per heavy atom. The first-order chi connectivity index (χ1) is 12.8. The molecule has 0 aliphatic carbocycles. The van der Waals surface area contributed by atoms with Gasteiger partial charge in [0.1, 0.15) is 0 Å². The van der Waals surface area contributed by atoms with Gasteiger partial charge in [-0.25, -0.2) is 4.79 Å². The van der Waals surface area contributed by atoms with Crippen LogP contribution in [0.5, 0.6) is 0 Å². The minimum absolute atomic E-state index is 0.213. The van der Waals surface area contributed by atoms with E-state index in [1.54, 1.807) is 5.32 Å². The first-order valence-electron chi connectivity index (χ1n) is 7.29. The molecule has 2 N–H and O–H groups in total. The van der Waals surface area contributed by atoms with Crippen molar-refractivity contribution in [3.63, 3.8) is 0 Å². The summed E-state index contributed by atoms with van der Waals surface area (Å²) in [6.45, 7) is 0. The number of halogens is 6. The molecule has 0 saturated heterocycles. The van der Waals surface area contributed by atoms with Crippen LogP contribution in [-0.4, -0.2) is 28.5 Å². The van der Waals surface area contributed by atoms with Crippen LogP contribution in [0.15, 0.2) is 48.5 Å². The van der Waals surface area contributed by atoms with E-state index in [1.807, 2.05) is 0 Å². The molecule has 0 fully saturated rings. The number of carbonyl (C=O) groups is 1. The lowest BCUT2D eigenvalue weighted by atomic mass is 9.72. The number of anilines is 1. The van der Waals surface area contributed by atoms with Gasteiger partial charge in [0.15, 0.2) is 0 Å². The number of hydrogen-bond acceptors (Lipinski definition) is 3. The molecule has 28 heavy (non-hydrogen) atoms. The third-order valence-electron chi connectivity index (χ3n) is 3.91. The molecule has 0 aliphatic heterocycles. The maximum atomic E-state index is 13.9. The average molecular weight is 408 g/mol. The molecular weight excluding hydrogens is 398 g/mol. The van der Waals surface area contributed by atoms with Crippen molar-refractivity contribution in [2.45, 2.75) is 17.8 Å². The number of non-ortho nitro benzene ring substituents is 1. The summed E-state index contributed by atoms with van der Waals surface area (Å²) < 4.78 is 83.3. The van der Waals surface area contributed by atoms with E-state index in [0.717, 1.165) is 24.3 Å². The lowest BCUT2D eigenvalue weighted by Gasteiger charge is -2.38. The van der Waals surface area contributed by atoms with Gasteiger partial charge in [0.25, 0.3) is 5.69 Å². The van der Waals surface area contributed by atoms with Gasteiger partial charge in [-0.1, -0.05) is 24.3 Å². The molecule has 150 valence electrons. The Balaban J connectivity index is 2.82. The number of nitrogens with zero attached hydrogens (tertiary/aromatic N) is 1. The molecule has 2 rings (SSSR count). The molecule has 0 aromatic heterocycles. The summed E-state index contributed by atoms with van der Waals surface area (Å²) in [5, 5.41) is 21.2. The third kappa shape index (κ3) is 3.57. The molecular formula is C16H10F6N2O4. The molecule has 0 radical (unpaired) electrons. The monoisotopic (exact) mass is 408 g/mol. The summed E-state index contributed by atoms with van der Waals surface area (Å²) in [6, 6.07) is 4.58. The molecule has 0 atom stereocenters. The van der Waals surface area contributed by atoms with Gasteiger partial charge < -0.3 is 5.11 Å². The Labute approximate surface area is 152 Å². The van der Waals surface area contributed by atoms with Gasteiger partial charge in [0.05, 0.1) is 4.92 Å². The largest absolute Gasteiger partial charge is 0.465 e. The predicted molar refractivity (Wildman–Crippen MR) is 84.1 cm³/mol. The zero-order chi connectivity index (χ0) is 21.3. The van der Waals surface area contributed by atoms with Gasteiger partial charge in [0.2, 0.25) is 5.41 Å². The van der Waals surface area contributed by atoms with Crippen molar-refractivity contribution < 1.29 is 41.2 Å². The van der Waals surface area contributed by atoms with Crippen LogP contribution in [0.25, 0.3) is 0 Å². The quantitative estimate of drug-likeness (QED) is 0.419. The first kappa shape index (κ1) is 21.0. The van der Waals surface area contributed by atoms with E-state index in [1.165, 1.54) is 0 Å². The van der Waals surface area contributed by atoms with Gasteiger partial charge in [0, 0.05) is 17.8 Å². The van der Waals surface area contributed by atoms with E-state index >= 15 is 0 Å². The van der Waals surface area contributed by atoms with Crippen LogP contribution in [0.1, 0.15) is 11.1 Å². The zero-order valence-electron chi connectivity index (χ0n) is 13.5. The molecule has 0 unspecified atom stereocenters. The third-order valence-corrected chi connectivity index (χ3v) is 3.91. The number of benzene rings is 2. The minimum atomic E-state index is -5.91. The fraction of sp³-hybridized carbons (Fsp3) is 0.188. The number of alkyl halides is 6. The van der Waals surface area contributed by atoms with Crippen LogP contribution < -0.4 is 5.32 Å². The van der Waals surface area contributed by atoms with Gasteiger partial charge in [-0.3, -0.25) is 15.4 Å². The van der Waals surface area contributed by atoms with Crippen LogP contribution in [0, 0.1) is 10.1 Å². The lowest BCUT2D eigenvalue weighted by molar-refractivity contribution is -0.385. The molecule has 2 aromatic carbocycles. The topological polar surface area (TPSA) is 92.5 Å². The highest BCUT2D eigenvalue weighted by Crippen LogP contribution is 2.56. The summed E-state index contributed by atoms with van der Waals surface area (Å²) in [4.78, 5) is 20.3. The number of nitrogens with one attached hydrogen (secondary N) is 1. The normalized spacial score (nSPS) is 12.5. The van der Waals surface area contributed by atoms with E-state index in [0.29, 0.717) is 18.2 Å².